The van der Waals surface area contributed by atoms with Crippen LogP contribution in [0, 0.1) is 0 Å². The molecule has 4 heteroatoms. The van der Waals surface area contributed by atoms with Crippen LogP contribution < -0.4 is 4.74 Å². The highest BCUT2D eigenvalue weighted by Gasteiger charge is 2.06. The van der Waals surface area contributed by atoms with Crippen molar-refractivity contribution in [3.8, 4) is 5.75 Å². The maximum atomic E-state index is 8.69. The fraction of sp³-hybridized carbons (Fsp3) is 0.400. The quantitative estimate of drug-likeness (QED) is 0.868. The van der Waals surface area contributed by atoms with E-state index in [0.717, 1.165) is 0 Å². The normalized spacial score (nSPS) is 12.6. The molecule has 0 saturated heterocycles. The molecule has 2 nitrogen and oxygen atoms in total. The van der Waals surface area contributed by atoms with Gasteiger partial charge in [0.2, 0.25) is 0 Å². The Kier molecular flexibility index (Phi) is 4.52. The number of halogens is 2. The Balaban J connectivity index is 2.67. The molecular weight excluding hydrogens is 223 g/mol. The summed E-state index contributed by atoms with van der Waals surface area (Å²) < 4.78 is 5.49. The van der Waals surface area contributed by atoms with Crippen molar-refractivity contribution in [1.82, 2.24) is 0 Å². The summed E-state index contributed by atoms with van der Waals surface area (Å²) in [6.07, 6.45) is 0.526. The van der Waals surface area contributed by atoms with Crippen LogP contribution in [-0.4, -0.2) is 17.8 Å². The van der Waals surface area contributed by atoms with Crippen LogP contribution in [-0.2, 0) is 0 Å². The second-order valence-electron chi connectivity index (χ2n) is 3.02. The Morgan fingerprint density at radius 2 is 2.14 bits per heavy atom. The molecule has 0 aliphatic rings. The highest BCUT2D eigenvalue weighted by molar-refractivity contribution is 6.35. The van der Waals surface area contributed by atoms with Gasteiger partial charge in [-0.25, -0.2) is 0 Å². The lowest BCUT2D eigenvalue weighted by atomic mass is 10.3. The van der Waals surface area contributed by atoms with Crippen molar-refractivity contribution >= 4 is 23.2 Å². The van der Waals surface area contributed by atoms with E-state index in [4.69, 9.17) is 33.0 Å². The molecule has 1 atom stereocenters. The lowest BCUT2D eigenvalue weighted by molar-refractivity contribution is 0.169. The van der Waals surface area contributed by atoms with Gasteiger partial charge in [0.05, 0.1) is 11.1 Å². The summed E-state index contributed by atoms with van der Waals surface area (Å²) in [6.45, 7) is 1.98. The Bertz CT molecular complexity index is 302. The molecule has 14 heavy (non-hydrogen) atoms. The predicted molar refractivity (Wildman–Crippen MR) is 58.3 cm³/mol. The van der Waals surface area contributed by atoms with Crippen molar-refractivity contribution in [2.45, 2.75) is 19.4 Å². The topological polar surface area (TPSA) is 29.5 Å². The number of hydrogen-bond acceptors (Lipinski definition) is 2. The number of hydrogen-bond donors (Lipinski definition) is 1. The third-order valence-corrected chi connectivity index (χ3v) is 2.29. The molecule has 78 valence electrons. The number of ether oxygens (including phenoxy) is 1. The Labute approximate surface area is 93.4 Å². The molecule has 0 aliphatic heterocycles. The summed E-state index contributed by atoms with van der Waals surface area (Å²) in [5, 5.41) is 9.76. The van der Waals surface area contributed by atoms with Gasteiger partial charge < -0.3 is 9.84 Å². The van der Waals surface area contributed by atoms with Gasteiger partial charge in [-0.05, 0) is 25.1 Å². The molecule has 0 heterocycles. The fourth-order valence-corrected chi connectivity index (χ4v) is 1.48. The van der Waals surface area contributed by atoms with E-state index in [2.05, 4.69) is 0 Å². The third kappa shape index (κ3) is 3.37. The first kappa shape index (κ1) is 11.6. The van der Waals surface area contributed by atoms with Crippen LogP contribution in [0.1, 0.15) is 13.3 Å². The van der Waals surface area contributed by atoms with Gasteiger partial charge in [-0.3, -0.25) is 0 Å². The van der Waals surface area contributed by atoms with Crippen molar-refractivity contribution < 1.29 is 9.84 Å². The monoisotopic (exact) mass is 234 g/mol. The molecule has 0 saturated carbocycles. The lowest BCUT2D eigenvalue weighted by Crippen LogP contribution is -2.13. The molecular formula is C10H12Cl2O2. The number of aliphatic hydroxyl groups is 1. The van der Waals surface area contributed by atoms with E-state index in [1.54, 1.807) is 18.2 Å². The van der Waals surface area contributed by atoms with E-state index in [1.165, 1.54) is 0 Å². The SMILES string of the molecule is CC(CCO)Oc1ccc(Cl)cc1Cl. The molecule has 0 radical (unpaired) electrons. The highest BCUT2D eigenvalue weighted by Crippen LogP contribution is 2.28. The van der Waals surface area contributed by atoms with Crippen LogP contribution in [0.3, 0.4) is 0 Å². The van der Waals surface area contributed by atoms with Crippen LogP contribution in [0.15, 0.2) is 18.2 Å². The zero-order valence-electron chi connectivity index (χ0n) is 7.84. The Hall–Kier alpha value is -0.440. The summed E-state index contributed by atoms with van der Waals surface area (Å²) in [5.74, 6) is 0.594. The van der Waals surface area contributed by atoms with Crippen molar-refractivity contribution in [2.75, 3.05) is 6.61 Å². The second-order valence-corrected chi connectivity index (χ2v) is 3.86. The van der Waals surface area contributed by atoms with Gasteiger partial charge in [0.1, 0.15) is 5.75 Å². The molecule has 0 fully saturated rings. The average molecular weight is 235 g/mol. The molecule has 1 N–H and O–H groups in total. The summed E-state index contributed by atoms with van der Waals surface area (Å²) in [6, 6.07) is 5.07. The zero-order valence-corrected chi connectivity index (χ0v) is 9.35. The molecule has 0 amide bonds. The predicted octanol–water partition coefficient (Wildman–Crippen LogP) is 3.14. The molecule has 0 spiro atoms. The maximum Gasteiger partial charge on any atom is 0.138 e. The zero-order chi connectivity index (χ0) is 10.6. The molecule has 0 bridgehead atoms. The van der Waals surface area contributed by atoms with Gasteiger partial charge in [-0.1, -0.05) is 23.2 Å². The summed E-state index contributed by atoms with van der Waals surface area (Å²) in [7, 11) is 0. The number of rotatable bonds is 4. The minimum atomic E-state index is -0.0568. The van der Waals surface area contributed by atoms with Crippen molar-refractivity contribution in [1.29, 1.82) is 0 Å². The van der Waals surface area contributed by atoms with Gasteiger partial charge in [0, 0.05) is 18.1 Å². The summed E-state index contributed by atoms with van der Waals surface area (Å²) in [4.78, 5) is 0. The first-order valence-electron chi connectivity index (χ1n) is 4.36. The molecule has 1 aromatic carbocycles. The third-order valence-electron chi connectivity index (χ3n) is 1.76. The van der Waals surface area contributed by atoms with Crippen molar-refractivity contribution in [3.63, 3.8) is 0 Å². The molecule has 0 aromatic heterocycles. The van der Waals surface area contributed by atoms with Crippen molar-refractivity contribution in [2.24, 2.45) is 0 Å². The van der Waals surface area contributed by atoms with E-state index < -0.39 is 0 Å². The average Bonchev–Trinajstić information content (AvgIpc) is 2.10. The van der Waals surface area contributed by atoms with E-state index in [0.29, 0.717) is 22.2 Å². The van der Waals surface area contributed by atoms with Crippen LogP contribution in [0.5, 0.6) is 5.75 Å². The van der Waals surface area contributed by atoms with E-state index in [9.17, 15) is 0 Å². The lowest BCUT2D eigenvalue weighted by Gasteiger charge is -2.14. The van der Waals surface area contributed by atoms with E-state index in [1.807, 2.05) is 6.92 Å². The highest BCUT2D eigenvalue weighted by atomic mass is 35.5. The molecule has 1 unspecified atom stereocenters. The second kappa shape index (κ2) is 5.44. The van der Waals surface area contributed by atoms with Crippen LogP contribution in [0.2, 0.25) is 10.0 Å². The minimum absolute atomic E-state index is 0.0568. The molecule has 1 rings (SSSR count). The van der Waals surface area contributed by atoms with Gasteiger partial charge in [0.25, 0.3) is 0 Å². The summed E-state index contributed by atoms with van der Waals surface area (Å²) in [5.41, 5.74) is 0. The first-order chi connectivity index (χ1) is 6.63. The molecule has 0 aliphatic carbocycles. The minimum Gasteiger partial charge on any atom is -0.489 e. The largest absolute Gasteiger partial charge is 0.489 e. The van der Waals surface area contributed by atoms with Gasteiger partial charge >= 0.3 is 0 Å². The standard InChI is InChI=1S/C10H12Cl2O2/c1-7(4-5-13)14-10-3-2-8(11)6-9(10)12/h2-3,6-7,13H,4-5H2,1H3. The van der Waals surface area contributed by atoms with E-state index >= 15 is 0 Å². The van der Waals surface area contributed by atoms with Crippen LogP contribution in [0.25, 0.3) is 0 Å². The number of benzene rings is 1. The first-order valence-corrected chi connectivity index (χ1v) is 5.11. The molecule has 1 aromatic rings. The smallest absolute Gasteiger partial charge is 0.138 e. The van der Waals surface area contributed by atoms with Crippen molar-refractivity contribution in [3.05, 3.63) is 28.2 Å². The summed E-state index contributed by atoms with van der Waals surface area (Å²) >= 11 is 11.6. The van der Waals surface area contributed by atoms with Gasteiger partial charge in [-0.2, -0.15) is 0 Å². The van der Waals surface area contributed by atoms with Crippen LogP contribution in [0.4, 0.5) is 0 Å². The maximum absolute atomic E-state index is 8.69. The Morgan fingerprint density at radius 1 is 1.43 bits per heavy atom. The Morgan fingerprint density at radius 3 is 2.71 bits per heavy atom. The van der Waals surface area contributed by atoms with Gasteiger partial charge in [0.15, 0.2) is 0 Å². The van der Waals surface area contributed by atoms with Crippen LogP contribution >= 0.6 is 23.2 Å². The van der Waals surface area contributed by atoms with Gasteiger partial charge in [-0.15, -0.1) is 0 Å². The number of aliphatic hydroxyl groups excluding tert-OH is 1. The fourth-order valence-electron chi connectivity index (χ4n) is 1.03. The van der Waals surface area contributed by atoms with E-state index in [-0.39, 0.29) is 12.7 Å².